The quantitative estimate of drug-likeness (QED) is 0.867. The van der Waals surface area contributed by atoms with Crippen molar-refractivity contribution in [3.63, 3.8) is 0 Å². The van der Waals surface area contributed by atoms with E-state index in [1.54, 1.807) is 0 Å². The fourth-order valence-electron chi connectivity index (χ4n) is 1.07. The molecular formula is C9H14F3N3O. The van der Waals surface area contributed by atoms with Crippen LogP contribution in [0.25, 0.3) is 0 Å². The molecule has 92 valence electrons. The van der Waals surface area contributed by atoms with Crippen LogP contribution in [0.3, 0.4) is 0 Å². The molecule has 0 atom stereocenters. The fraction of sp³-hybridized carbons (Fsp3) is 0.778. The topological polar surface area (TPSA) is 64.9 Å². The summed E-state index contributed by atoms with van der Waals surface area (Å²) in [6.07, 6.45) is -4.52. The predicted octanol–water partition coefficient (Wildman–Crippen LogP) is 1.84. The Kier molecular flexibility index (Phi) is 3.57. The summed E-state index contributed by atoms with van der Waals surface area (Å²) in [5.41, 5.74) is 5.32. The highest BCUT2D eigenvalue weighted by molar-refractivity contribution is 4.90. The third-order valence-corrected chi connectivity index (χ3v) is 1.85. The van der Waals surface area contributed by atoms with Crippen LogP contribution in [0.1, 0.15) is 32.0 Å². The highest BCUT2D eigenvalue weighted by Gasteiger charge is 2.30. The summed E-state index contributed by atoms with van der Waals surface area (Å²) in [5.74, 6) is -0.143. The van der Waals surface area contributed by atoms with Crippen molar-refractivity contribution in [2.75, 3.05) is 0 Å². The van der Waals surface area contributed by atoms with E-state index in [0.717, 1.165) is 0 Å². The van der Waals surface area contributed by atoms with Crippen molar-refractivity contribution in [1.29, 1.82) is 0 Å². The Labute approximate surface area is 91.0 Å². The molecule has 0 unspecified atom stereocenters. The van der Waals surface area contributed by atoms with E-state index in [-0.39, 0.29) is 11.7 Å². The summed E-state index contributed by atoms with van der Waals surface area (Å²) < 4.78 is 40.6. The van der Waals surface area contributed by atoms with E-state index in [0.29, 0.717) is 12.8 Å². The molecule has 2 N–H and O–H groups in total. The minimum atomic E-state index is -4.31. The van der Waals surface area contributed by atoms with Gasteiger partial charge in [0.05, 0.1) is 0 Å². The van der Waals surface area contributed by atoms with Crippen molar-refractivity contribution in [3.8, 4) is 0 Å². The van der Waals surface area contributed by atoms with Crippen molar-refractivity contribution in [2.45, 2.75) is 44.8 Å². The van der Waals surface area contributed by atoms with Crippen LogP contribution in [-0.4, -0.2) is 21.9 Å². The van der Waals surface area contributed by atoms with Crippen molar-refractivity contribution in [1.82, 2.24) is 10.1 Å². The number of halogens is 3. The molecule has 4 nitrogen and oxygen atoms in total. The van der Waals surface area contributed by atoms with Crippen LogP contribution in [0, 0.1) is 0 Å². The first-order valence-corrected chi connectivity index (χ1v) is 4.83. The standard InChI is InChI=1S/C9H14F3N3O/c1-8(2,13)4-3-7-14-6(15-16-7)5-9(10,11)12/h3-5,13H2,1-2H3. The molecule has 1 heterocycles. The molecule has 1 rings (SSSR count). The van der Waals surface area contributed by atoms with E-state index in [9.17, 15) is 13.2 Å². The Bertz CT molecular complexity index is 341. The lowest BCUT2D eigenvalue weighted by Gasteiger charge is -2.16. The number of nitrogens with two attached hydrogens (primary N) is 1. The zero-order chi connectivity index (χ0) is 12.4. The second-order valence-electron chi connectivity index (χ2n) is 4.38. The second-order valence-corrected chi connectivity index (χ2v) is 4.38. The maximum absolute atomic E-state index is 12.0. The lowest BCUT2D eigenvalue weighted by Crippen LogP contribution is -2.32. The maximum Gasteiger partial charge on any atom is 0.396 e. The lowest BCUT2D eigenvalue weighted by atomic mass is 10.0. The van der Waals surface area contributed by atoms with E-state index >= 15 is 0 Å². The lowest BCUT2D eigenvalue weighted by molar-refractivity contribution is -0.128. The largest absolute Gasteiger partial charge is 0.396 e. The molecule has 16 heavy (non-hydrogen) atoms. The third-order valence-electron chi connectivity index (χ3n) is 1.85. The molecule has 1 aromatic rings. The first-order valence-electron chi connectivity index (χ1n) is 4.83. The molecule has 0 aliphatic heterocycles. The number of aryl methyl sites for hydroxylation is 1. The zero-order valence-corrected chi connectivity index (χ0v) is 9.14. The molecule has 0 aliphatic rings. The highest BCUT2D eigenvalue weighted by atomic mass is 19.4. The highest BCUT2D eigenvalue weighted by Crippen LogP contribution is 2.19. The van der Waals surface area contributed by atoms with Gasteiger partial charge < -0.3 is 10.3 Å². The predicted molar refractivity (Wildman–Crippen MR) is 50.6 cm³/mol. The van der Waals surface area contributed by atoms with Gasteiger partial charge in [-0.05, 0) is 20.3 Å². The van der Waals surface area contributed by atoms with Gasteiger partial charge in [-0.15, -0.1) is 0 Å². The molecule has 7 heteroatoms. The number of alkyl halides is 3. The molecule has 0 saturated carbocycles. The molecule has 0 amide bonds. The summed E-state index contributed by atoms with van der Waals surface area (Å²) in [6.45, 7) is 3.64. The van der Waals surface area contributed by atoms with Gasteiger partial charge in [0.1, 0.15) is 6.42 Å². The first-order chi connectivity index (χ1) is 7.16. The molecule has 1 aromatic heterocycles. The summed E-state index contributed by atoms with van der Waals surface area (Å²) in [4.78, 5) is 3.65. The van der Waals surface area contributed by atoms with Crippen molar-refractivity contribution < 1.29 is 17.7 Å². The molecule has 0 radical (unpaired) electrons. The van der Waals surface area contributed by atoms with Gasteiger partial charge in [0.2, 0.25) is 5.89 Å². The number of aromatic nitrogens is 2. The average molecular weight is 237 g/mol. The monoisotopic (exact) mass is 237 g/mol. The molecule has 0 aromatic carbocycles. The fourth-order valence-corrected chi connectivity index (χ4v) is 1.07. The summed E-state index contributed by atoms with van der Waals surface area (Å²) in [5, 5.41) is 3.26. The van der Waals surface area contributed by atoms with Gasteiger partial charge in [-0.3, -0.25) is 0 Å². The maximum atomic E-state index is 12.0. The van der Waals surface area contributed by atoms with E-state index in [2.05, 4.69) is 14.7 Å². The van der Waals surface area contributed by atoms with E-state index in [1.165, 1.54) is 0 Å². The molecule has 0 bridgehead atoms. The Morgan fingerprint density at radius 2 is 1.94 bits per heavy atom. The number of nitrogens with zero attached hydrogens (tertiary/aromatic N) is 2. The Morgan fingerprint density at radius 3 is 2.44 bits per heavy atom. The summed E-state index contributed by atoms with van der Waals surface area (Å²) in [6, 6.07) is 0. The van der Waals surface area contributed by atoms with Gasteiger partial charge >= 0.3 is 6.18 Å². The first kappa shape index (κ1) is 13.0. The normalized spacial score (nSPS) is 13.1. The smallest absolute Gasteiger partial charge is 0.339 e. The Morgan fingerprint density at radius 1 is 1.31 bits per heavy atom. The molecule has 0 aliphatic carbocycles. The zero-order valence-electron chi connectivity index (χ0n) is 9.14. The van der Waals surface area contributed by atoms with Gasteiger partial charge in [0.25, 0.3) is 0 Å². The minimum Gasteiger partial charge on any atom is -0.339 e. The van der Waals surface area contributed by atoms with Crippen LogP contribution < -0.4 is 5.73 Å². The number of rotatable bonds is 4. The Hall–Kier alpha value is -1.11. The van der Waals surface area contributed by atoms with Crippen molar-refractivity contribution in [3.05, 3.63) is 11.7 Å². The summed E-state index contributed by atoms with van der Waals surface area (Å²) >= 11 is 0. The minimum absolute atomic E-state index is 0.192. The van der Waals surface area contributed by atoms with Crippen LogP contribution in [0.15, 0.2) is 4.52 Å². The van der Waals surface area contributed by atoms with Crippen LogP contribution in [0.5, 0.6) is 0 Å². The second kappa shape index (κ2) is 4.40. The van der Waals surface area contributed by atoms with Crippen molar-refractivity contribution in [2.24, 2.45) is 5.73 Å². The molecular weight excluding hydrogens is 223 g/mol. The average Bonchev–Trinajstić information content (AvgIpc) is 2.44. The van der Waals surface area contributed by atoms with Gasteiger partial charge in [-0.25, -0.2) is 0 Å². The van der Waals surface area contributed by atoms with E-state index < -0.39 is 18.1 Å². The van der Waals surface area contributed by atoms with E-state index in [1.807, 2.05) is 13.8 Å². The van der Waals surface area contributed by atoms with E-state index in [4.69, 9.17) is 5.73 Å². The van der Waals surface area contributed by atoms with Crippen LogP contribution in [-0.2, 0) is 12.8 Å². The van der Waals surface area contributed by atoms with Crippen LogP contribution in [0.2, 0.25) is 0 Å². The third kappa shape index (κ3) is 5.11. The number of hydrogen-bond acceptors (Lipinski definition) is 4. The van der Waals surface area contributed by atoms with Gasteiger partial charge in [-0.1, -0.05) is 5.16 Å². The SMILES string of the molecule is CC(C)(N)CCc1nc(CC(F)(F)F)no1. The van der Waals surface area contributed by atoms with Crippen molar-refractivity contribution >= 4 is 0 Å². The van der Waals surface area contributed by atoms with Crippen LogP contribution in [0.4, 0.5) is 13.2 Å². The Balaban J connectivity index is 2.52. The summed E-state index contributed by atoms with van der Waals surface area (Å²) in [7, 11) is 0. The molecule has 0 spiro atoms. The van der Waals surface area contributed by atoms with Gasteiger partial charge in [0.15, 0.2) is 5.82 Å². The molecule has 0 fully saturated rings. The van der Waals surface area contributed by atoms with Crippen LogP contribution >= 0.6 is 0 Å². The molecule has 0 saturated heterocycles. The van der Waals surface area contributed by atoms with Gasteiger partial charge in [0, 0.05) is 12.0 Å². The number of hydrogen-bond donors (Lipinski definition) is 1. The van der Waals surface area contributed by atoms with Gasteiger partial charge in [-0.2, -0.15) is 18.2 Å².